The van der Waals surface area contributed by atoms with Gasteiger partial charge in [-0.2, -0.15) is 0 Å². The average Bonchev–Trinajstić information content (AvgIpc) is 3.62. The first-order chi connectivity index (χ1) is 19.9. The first-order valence-corrected chi connectivity index (χ1v) is 15.9. The van der Waals surface area contributed by atoms with Gasteiger partial charge in [0.15, 0.2) is 0 Å². The Kier molecular flexibility index (Phi) is 6.51. The lowest BCUT2D eigenvalue weighted by Crippen LogP contribution is -2.35. The van der Waals surface area contributed by atoms with E-state index in [9.17, 15) is 13.2 Å². The predicted molar refractivity (Wildman–Crippen MR) is 163 cm³/mol. The molecule has 2 bridgehead atoms. The van der Waals surface area contributed by atoms with Crippen molar-refractivity contribution in [2.45, 2.75) is 36.1 Å². The smallest absolute Gasteiger partial charge is 0.261 e. The number of rotatable bonds is 6. The van der Waals surface area contributed by atoms with Crippen LogP contribution in [0.3, 0.4) is 0 Å². The van der Waals surface area contributed by atoms with Gasteiger partial charge in [0, 0.05) is 16.9 Å². The molecule has 3 N–H and O–H groups in total. The number of halogens is 1. The fraction of sp³-hybridized carbons (Fsp3) is 0.242. The first kappa shape index (κ1) is 26.1. The Bertz CT molecular complexity index is 1730. The molecule has 0 unspecified atom stereocenters. The number of sulfonamides is 1. The lowest BCUT2D eigenvalue weighted by Gasteiger charge is -2.43. The second-order valence-corrected chi connectivity index (χ2v) is 13.4. The first-order valence-electron chi connectivity index (χ1n) is 14.0. The van der Waals surface area contributed by atoms with Crippen molar-refractivity contribution < 1.29 is 13.2 Å². The van der Waals surface area contributed by atoms with E-state index in [1.54, 1.807) is 36.4 Å². The maximum atomic E-state index is 13.3. The van der Waals surface area contributed by atoms with E-state index in [2.05, 4.69) is 51.8 Å². The van der Waals surface area contributed by atoms with Crippen molar-refractivity contribution in [1.29, 1.82) is 0 Å². The molecule has 2 aliphatic carbocycles. The monoisotopic (exact) mass is 583 g/mol. The Morgan fingerprint density at radius 3 is 2.37 bits per heavy atom. The van der Waals surface area contributed by atoms with Gasteiger partial charge in [0.2, 0.25) is 0 Å². The van der Waals surface area contributed by atoms with E-state index in [1.165, 1.54) is 42.5 Å². The van der Waals surface area contributed by atoms with Gasteiger partial charge in [0.1, 0.15) is 0 Å². The zero-order chi connectivity index (χ0) is 28.1. The highest BCUT2D eigenvalue weighted by atomic mass is 35.5. The third kappa shape index (κ3) is 4.77. The van der Waals surface area contributed by atoms with Crippen molar-refractivity contribution >= 4 is 44.6 Å². The Morgan fingerprint density at radius 1 is 0.854 bits per heavy atom. The van der Waals surface area contributed by atoms with Crippen LogP contribution in [0.5, 0.6) is 0 Å². The van der Waals surface area contributed by atoms with E-state index in [4.69, 9.17) is 11.6 Å². The van der Waals surface area contributed by atoms with E-state index in [0.29, 0.717) is 45.6 Å². The quantitative estimate of drug-likeness (QED) is 0.217. The molecular formula is C33H30ClN3O3S. The topological polar surface area (TPSA) is 87.3 Å². The number of hydrogen-bond acceptors (Lipinski definition) is 4. The second-order valence-electron chi connectivity index (χ2n) is 11.3. The van der Waals surface area contributed by atoms with Crippen LogP contribution in [0.2, 0.25) is 5.02 Å². The molecule has 3 aliphatic rings. The van der Waals surface area contributed by atoms with E-state index in [1.807, 2.05) is 12.1 Å². The lowest BCUT2D eigenvalue weighted by molar-refractivity contribution is 0.102. The summed E-state index contributed by atoms with van der Waals surface area (Å²) >= 11 is 6.11. The van der Waals surface area contributed by atoms with Gasteiger partial charge in [-0.3, -0.25) is 9.52 Å². The molecule has 8 heteroatoms. The van der Waals surface area contributed by atoms with Gasteiger partial charge in [-0.15, -0.1) is 0 Å². The summed E-state index contributed by atoms with van der Waals surface area (Å²) in [6, 6.07) is 29.7. The van der Waals surface area contributed by atoms with Crippen LogP contribution in [0.15, 0.2) is 102 Å². The average molecular weight is 584 g/mol. The van der Waals surface area contributed by atoms with E-state index in [0.717, 1.165) is 5.69 Å². The highest BCUT2D eigenvalue weighted by molar-refractivity contribution is 7.92. The number of fused-ring (bicyclic) bond motifs is 7. The maximum Gasteiger partial charge on any atom is 0.261 e. The lowest BCUT2D eigenvalue weighted by atomic mass is 9.68. The van der Waals surface area contributed by atoms with Gasteiger partial charge in [-0.25, -0.2) is 8.42 Å². The minimum atomic E-state index is -3.83. The largest absolute Gasteiger partial charge is 0.378 e. The van der Waals surface area contributed by atoms with Crippen LogP contribution in [-0.4, -0.2) is 14.3 Å². The second kappa shape index (κ2) is 10.2. The minimum absolute atomic E-state index is 0.0746. The third-order valence-corrected chi connectivity index (χ3v) is 10.8. The Morgan fingerprint density at radius 2 is 1.59 bits per heavy atom. The molecule has 1 amide bonds. The molecule has 208 valence electrons. The van der Waals surface area contributed by atoms with Crippen molar-refractivity contribution in [2.75, 3.05) is 15.4 Å². The molecule has 6 nitrogen and oxygen atoms in total. The molecule has 0 saturated heterocycles. The van der Waals surface area contributed by atoms with Gasteiger partial charge in [-0.1, -0.05) is 54.1 Å². The van der Waals surface area contributed by atoms with Gasteiger partial charge in [-0.05, 0) is 109 Å². The summed E-state index contributed by atoms with van der Waals surface area (Å²) in [4.78, 5) is 13.4. The zero-order valence-corrected chi connectivity index (χ0v) is 23.8. The Hall–Kier alpha value is -3.81. The number of hydrogen-bond donors (Lipinski definition) is 3. The zero-order valence-electron chi connectivity index (χ0n) is 22.3. The van der Waals surface area contributed by atoms with Crippen molar-refractivity contribution in [3.8, 4) is 0 Å². The Labute approximate surface area is 245 Å². The van der Waals surface area contributed by atoms with Crippen LogP contribution < -0.4 is 15.4 Å². The number of nitrogens with one attached hydrogen (secondary N) is 3. The molecule has 2 saturated carbocycles. The van der Waals surface area contributed by atoms with Crippen molar-refractivity contribution in [1.82, 2.24) is 0 Å². The summed E-state index contributed by atoms with van der Waals surface area (Å²) in [5, 5.41) is 7.07. The van der Waals surface area contributed by atoms with E-state index in [-0.39, 0.29) is 16.8 Å². The molecule has 0 spiro atoms. The van der Waals surface area contributed by atoms with Crippen LogP contribution in [0.25, 0.3) is 0 Å². The molecule has 1 aliphatic heterocycles. The van der Waals surface area contributed by atoms with Crippen LogP contribution in [-0.2, 0) is 10.0 Å². The molecule has 0 aromatic heterocycles. The van der Waals surface area contributed by atoms with Crippen LogP contribution in [0.4, 0.5) is 17.1 Å². The summed E-state index contributed by atoms with van der Waals surface area (Å²) < 4.78 is 28.2. The molecule has 0 radical (unpaired) electrons. The number of para-hydroxylation sites is 1. The summed E-state index contributed by atoms with van der Waals surface area (Å²) in [5.41, 5.74) is 5.11. The summed E-state index contributed by atoms with van der Waals surface area (Å²) in [7, 11) is -3.83. The van der Waals surface area contributed by atoms with Crippen molar-refractivity contribution in [3.05, 3.63) is 119 Å². The summed E-state index contributed by atoms with van der Waals surface area (Å²) in [6.07, 6.45) is 3.80. The summed E-state index contributed by atoms with van der Waals surface area (Å²) in [5.74, 6) is 2.11. The SMILES string of the molecule is O=C(Nc1ccc(S(=O)(=O)Nc2ccccc2Cl)cc1)c1ccc2c(c1)[C@@H]1[C@H]3CC[C@@H](C3)[C@@H]1[C@@H](c1ccccc1)N2. The van der Waals surface area contributed by atoms with E-state index >= 15 is 0 Å². The molecule has 4 aromatic rings. The van der Waals surface area contributed by atoms with Crippen LogP contribution in [0.1, 0.15) is 52.7 Å². The highest BCUT2D eigenvalue weighted by Crippen LogP contribution is 2.63. The third-order valence-electron chi connectivity index (χ3n) is 9.05. The molecule has 5 atom stereocenters. The normalized spacial score (nSPS) is 24.2. The fourth-order valence-electron chi connectivity index (χ4n) is 7.29. The number of carbonyl (C=O) groups excluding carboxylic acids is 1. The number of amides is 1. The van der Waals surface area contributed by atoms with Gasteiger partial charge < -0.3 is 10.6 Å². The Balaban J connectivity index is 1.10. The molecular weight excluding hydrogens is 554 g/mol. The molecule has 4 aromatic carbocycles. The molecule has 41 heavy (non-hydrogen) atoms. The number of carbonyl (C=O) groups is 1. The van der Waals surface area contributed by atoms with Crippen LogP contribution in [0, 0.1) is 17.8 Å². The van der Waals surface area contributed by atoms with Crippen molar-refractivity contribution in [3.63, 3.8) is 0 Å². The van der Waals surface area contributed by atoms with Crippen molar-refractivity contribution in [2.24, 2.45) is 17.8 Å². The standard InChI is InChI=1S/C33H30ClN3O3S/c34-27-8-4-5-9-29(27)37-41(39,40)25-15-13-24(14-16-25)35-33(38)23-12-17-28-26(19-23)30-21-10-11-22(18-21)31(30)32(36-28)20-6-2-1-3-7-20/h1-9,12-17,19,21-22,30-32,36-37H,10-11,18H2,(H,35,38)/t21-,22-,30-,31-,32+/m0/s1. The summed E-state index contributed by atoms with van der Waals surface area (Å²) in [6.45, 7) is 0. The van der Waals surface area contributed by atoms with E-state index < -0.39 is 10.0 Å². The molecule has 2 fully saturated rings. The number of benzene rings is 4. The van der Waals surface area contributed by atoms with Gasteiger partial charge >= 0.3 is 0 Å². The highest BCUT2D eigenvalue weighted by Gasteiger charge is 2.53. The predicted octanol–water partition coefficient (Wildman–Crippen LogP) is 7.69. The van der Waals surface area contributed by atoms with Gasteiger partial charge in [0.25, 0.3) is 15.9 Å². The van der Waals surface area contributed by atoms with Gasteiger partial charge in [0.05, 0.1) is 21.6 Å². The molecule has 7 rings (SSSR count). The fourth-order valence-corrected chi connectivity index (χ4v) is 8.60. The maximum absolute atomic E-state index is 13.3. The molecule has 1 heterocycles. The number of anilines is 3. The van der Waals surface area contributed by atoms with Crippen LogP contribution >= 0.6 is 11.6 Å². The minimum Gasteiger partial charge on any atom is -0.378 e.